The first-order chi connectivity index (χ1) is 17.0. The molecule has 1 saturated carbocycles. The summed E-state index contributed by atoms with van der Waals surface area (Å²) >= 11 is 0. The van der Waals surface area contributed by atoms with Crippen molar-refractivity contribution in [1.82, 2.24) is 9.88 Å². The molecule has 1 atom stereocenters. The number of fused-ring (bicyclic) bond motifs is 1. The van der Waals surface area contributed by atoms with Gasteiger partial charge >= 0.3 is 0 Å². The standard InChI is InChI=1S/C32H40N2O/c1-6-23-12-10-13-24(7-2)31(23)29-19-30(35-21(3)4)28(22(5)33-29)20-34-18-17-25-11-8-9-14-27(25)32(34)26-15-16-26/h8-14,19,21,26,32H,6-7,15-18,20H2,1-5H3. The van der Waals surface area contributed by atoms with E-state index in [4.69, 9.17) is 9.72 Å². The second kappa shape index (κ2) is 10.1. The monoisotopic (exact) mass is 468 g/mol. The van der Waals surface area contributed by atoms with Crippen molar-refractivity contribution in [1.29, 1.82) is 0 Å². The normalized spacial score (nSPS) is 18.1. The molecule has 0 amide bonds. The third-order valence-electron chi connectivity index (χ3n) is 7.77. The molecule has 3 aromatic rings. The Bertz CT molecular complexity index is 1170. The molecule has 0 N–H and O–H groups in total. The van der Waals surface area contributed by atoms with Crippen LogP contribution in [0.4, 0.5) is 0 Å². The van der Waals surface area contributed by atoms with Gasteiger partial charge in [0, 0.05) is 42.0 Å². The summed E-state index contributed by atoms with van der Waals surface area (Å²) in [5, 5.41) is 0. The van der Waals surface area contributed by atoms with Crippen LogP contribution in [0.3, 0.4) is 0 Å². The highest BCUT2D eigenvalue weighted by molar-refractivity contribution is 5.70. The SMILES string of the molecule is CCc1cccc(CC)c1-c1cc(OC(C)C)c(CN2CCc3ccccc3C2C2CC2)c(C)n1. The van der Waals surface area contributed by atoms with E-state index in [-0.39, 0.29) is 6.10 Å². The van der Waals surface area contributed by atoms with Gasteiger partial charge in [0.05, 0.1) is 11.8 Å². The van der Waals surface area contributed by atoms with Crippen molar-refractivity contribution >= 4 is 0 Å². The first kappa shape index (κ1) is 24.1. The Kier molecular flexibility index (Phi) is 6.98. The lowest BCUT2D eigenvalue weighted by atomic mass is 9.89. The molecule has 0 radical (unpaired) electrons. The average molecular weight is 469 g/mol. The van der Waals surface area contributed by atoms with Gasteiger partial charge in [-0.05, 0) is 81.0 Å². The minimum absolute atomic E-state index is 0.122. The number of nitrogens with zero attached hydrogens (tertiary/aromatic N) is 2. The van der Waals surface area contributed by atoms with E-state index in [1.165, 1.54) is 40.7 Å². The van der Waals surface area contributed by atoms with E-state index in [1.807, 2.05) is 0 Å². The lowest BCUT2D eigenvalue weighted by Crippen LogP contribution is -2.36. The molecule has 2 aliphatic rings. The van der Waals surface area contributed by atoms with Gasteiger partial charge in [-0.25, -0.2) is 0 Å². The molecular weight excluding hydrogens is 428 g/mol. The predicted octanol–water partition coefficient (Wildman–Crippen LogP) is 7.48. The fourth-order valence-electron chi connectivity index (χ4n) is 5.92. The Balaban J connectivity index is 1.55. The number of benzene rings is 2. The van der Waals surface area contributed by atoms with E-state index in [0.29, 0.717) is 6.04 Å². The highest BCUT2D eigenvalue weighted by atomic mass is 16.5. The Morgan fingerprint density at radius 1 is 1.00 bits per heavy atom. The van der Waals surface area contributed by atoms with Gasteiger partial charge in [-0.2, -0.15) is 0 Å². The van der Waals surface area contributed by atoms with E-state index in [2.05, 4.69) is 88.0 Å². The number of aromatic nitrogens is 1. The molecule has 2 heterocycles. The fraction of sp³-hybridized carbons (Fsp3) is 0.469. The molecule has 1 aromatic heterocycles. The number of hydrogen-bond donors (Lipinski definition) is 0. The first-order valence-corrected chi connectivity index (χ1v) is 13.6. The molecule has 3 heteroatoms. The second-order valence-electron chi connectivity index (χ2n) is 10.6. The van der Waals surface area contributed by atoms with Gasteiger partial charge in [-0.15, -0.1) is 0 Å². The van der Waals surface area contributed by atoms with Crippen LogP contribution in [0, 0.1) is 12.8 Å². The van der Waals surface area contributed by atoms with Crippen LogP contribution in [0.5, 0.6) is 5.75 Å². The molecule has 0 spiro atoms. The summed E-state index contributed by atoms with van der Waals surface area (Å²) in [6.07, 6.45) is 5.93. The fourth-order valence-corrected chi connectivity index (χ4v) is 5.92. The van der Waals surface area contributed by atoms with E-state index >= 15 is 0 Å². The molecule has 1 fully saturated rings. The molecule has 0 bridgehead atoms. The maximum absolute atomic E-state index is 6.49. The molecule has 2 aromatic carbocycles. The maximum atomic E-state index is 6.49. The molecule has 1 unspecified atom stereocenters. The third-order valence-corrected chi connectivity index (χ3v) is 7.77. The molecule has 35 heavy (non-hydrogen) atoms. The molecule has 184 valence electrons. The maximum Gasteiger partial charge on any atom is 0.128 e. The van der Waals surface area contributed by atoms with Gasteiger partial charge in [-0.3, -0.25) is 9.88 Å². The molecule has 1 aliphatic carbocycles. The highest BCUT2D eigenvalue weighted by Gasteiger charge is 2.39. The smallest absolute Gasteiger partial charge is 0.128 e. The third kappa shape index (κ3) is 4.89. The molecule has 3 nitrogen and oxygen atoms in total. The molecule has 1 aliphatic heterocycles. The Hall–Kier alpha value is -2.65. The van der Waals surface area contributed by atoms with Crippen LogP contribution in [0.2, 0.25) is 0 Å². The zero-order valence-electron chi connectivity index (χ0n) is 22.1. The summed E-state index contributed by atoms with van der Waals surface area (Å²) in [6, 6.07) is 18.5. The van der Waals surface area contributed by atoms with Gasteiger partial charge in [-0.1, -0.05) is 56.3 Å². The summed E-state index contributed by atoms with van der Waals surface area (Å²) in [7, 11) is 0. The van der Waals surface area contributed by atoms with Crippen LogP contribution >= 0.6 is 0 Å². The van der Waals surface area contributed by atoms with Crippen molar-refractivity contribution in [2.75, 3.05) is 6.54 Å². The Labute approximate surface area is 211 Å². The minimum atomic E-state index is 0.122. The van der Waals surface area contributed by atoms with Crippen LogP contribution < -0.4 is 4.74 Å². The van der Waals surface area contributed by atoms with Crippen molar-refractivity contribution in [2.45, 2.75) is 85.4 Å². The van der Waals surface area contributed by atoms with Gasteiger partial charge in [0.1, 0.15) is 5.75 Å². The summed E-state index contributed by atoms with van der Waals surface area (Å²) in [6.45, 7) is 12.9. The predicted molar refractivity (Wildman–Crippen MR) is 145 cm³/mol. The van der Waals surface area contributed by atoms with Gasteiger partial charge in [0.25, 0.3) is 0 Å². The van der Waals surface area contributed by atoms with Crippen LogP contribution in [0.15, 0.2) is 48.5 Å². The first-order valence-electron chi connectivity index (χ1n) is 13.6. The summed E-state index contributed by atoms with van der Waals surface area (Å²) in [5.41, 5.74) is 10.5. The highest BCUT2D eigenvalue weighted by Crippen LogP contribution is 2.48. The largest absolute Gasteiger partial charge is 0.491 e. The van der Waals surface area contributed by atoms with E-state index < -0.39 is 0 Å². The lowest BCUT2D eigenvalue weighted by molar-refractivity contribution is 0.151. The average Bonchev–Trinajstić information content (AvgIpc) is 3.70. The summed E-state index contributed by atoms with van der Waals surface area (Å²) in [4.78, 5) is 7.92. The number of hydrogen-bond acceptors (Lipinski definition) is 3. The van der Waals surface area contributed by atoms with E-state index in [1.54, 1.807) is 5.56 Å². The van der Waals surface area contributed by atoms with Crippen LogP contribution in [0.25, 0.3) is 11.3 Å². The Morgan fingerprint density at radius 3 is 2.37 bits per heavy atom. The van der Waals surface area contributed by atoms with Crippen LogP contribution in [-0.4, -0.2) is 22.5 Å². The van der Waals surface area contributed by atoms with Crippen molar-refractivity contribution in [3.63, 3.8) is 0 Å². The second-order valence-corrected chi connectivity index (χ2v) is 10.6. The van der Waals surface area contributed by atoms with Crippen molar-refractivity contribution in [3.8, 4) is 17.0 Å². The van der Waals surface area contributed by atoms with Gasteiger partial charge in [0.2, 0.25) is 0 Å². The van der Waals surface area contributed by atoms with Crippen LogP contribution in [0.1, 0.15) is 80.1 Å². The molecule has 0 saturated heterocycles. The summed E-state index contributed by atoms with van der Waals surface area (Å²) in [5.74, 6) is 1.78. The quantitative estimate of drug-likeness (QED) is 0.343. The topological polar surface area (TPSA) is 25.4 Å². The zero-order valence-corrected chi connectivity index (χ0v) is 22.1. The molecular formula is C32H40N2O. The number of ether oxygens (including phenoxy) is 1. The number of pyridine rings is 1. The van der Waals surface area contributed by atoms with Crippen molar-refractivity contribution in [2.24, 2.45) is 5.92 Å². The van der Waals surface area contributed by atoms with E-state index in [9.17, 15) is 0 Å². The number of rotatable bonds is 8. The van der Waals surface area contributed by atoms with Crippen molar-refractivity contribution in [3.05, 3.63) is 82.0 Å². The zero-order chi connectivity index (χ0) is 24.5. The minimum Gasteiger partial charge on any atom is -0.491 e. The lowest BCUT2D eigenvalue weighted by Gasteiger charge is -2.38. The van der Waals surface area contributed by atoms with Gasteiger partial charge < -0.3 is 4.74 Å². The van der Waals surface area contributed by atoms with Crippen molar-refractivity contribution < 1.29 is 4.74 Å². The Morgan fingerprint density at radius 2 is 1.71 bits per heavy atom. The number of aryl methyl sites for hydroxylation is 3. The van der Waals surface area contributed by atoms with Crippen LogP contribution in [-0.2, 0) is 25.8 Å². The summed E-state index contributed by atoms with van der Waals surface area (Å²) < 4.78 is 6.49. The van der Waals surface area contributed by atoms with Gasteiger partial charge in [0.15, 0.2) is 0 Å². The molecule has 5 rings (SSSR count). The van der Waals surface area contributed by atoms with E-state index in [0.717, 1.165) is 55.4 Å².